The molecule has 0 aliphatic carbocycles. The first-order chi connectivity index (χ1) is 6.29. The smallest absolute Gasteiger partial charge is 0.109 e. The fourth-order valence-corrected chi connectivity index (χ4v) is 2.08. The van der Waals surface area contributed by atoms with Gasteiger partial charge in [0.1, 0.15) is 6.10 Å². The Morgan fingerprint density at radius 3 is 2.85 bits per heavy atom. The lowest BCUT2D eigenvalue weighted by Gasteiger charge is -2.05. The summed E-state index contributed by atoms with van der Waals surface area (Å²) >= 11 is 7.28. The van der Waals surface area contributed by atoms with Gasteiger partial charge in [0.25, 0.3) is 0 Å². The van der Waals surface area contributed by atoms with E-state index in [1.807, 2.05) is 11.4 Å². The average molecular weight is 215 g/mol. The van der Waals surface area contributed by atoms with E-state index in [2.05, 4.69) is 0 Å². The number of hydrogen-bond donors (Lipinski definition) is 1. The van der Waals surface area contributed by atoms with Crippen molar-refractivity contribution in [1.82, 2.24) is 0 Å². The van der Waals surface area contributed by atoms with Gasteiger partial charge in [-0.3, -0.25) is 0 Å². The summed E-state index contributed by atoms with van der Waals surface area (Å²) < 4.78 is 5.49. The van der Waals surface area contributed by atoms with Crippen LogP contribution < -0.4 is 0 Å². The van der Waals surface area contributed by atoms with Crippen LogP contribution in [0.5, 0.6) is 0 Å². The number of hydrogen-bond acceptors (Lipinski definition) is 3. The quantitative estimate of drug-likeness (QED) is 0.834. The largest absolute Gasteiger partial charge is 0.472 e. The fourth-order valence-electron chi connectivity index (χ4n) is 1.11. The number of furan rings is 1. The minimum atomic E-state index is -0.683. The summed E-state index contributed by atoms with van der Waals surface area (Å²) in [6.07, 6.45) is 2.36. The third kappa shape index (κ3) is 1.63. The van der Waals surface area contributed by atoms with Crippen LogP contribution in [0, 0.1) is 0 Å². The highest BCUT2D eigenvalue weighted by molar-refractivity contribution is 7.14. The lowest BCUT2D eigenvalue weighted by molar-refractivity contribution is 0.220. The molecule has 0 fully saturated rings. The average Bonchev–Trinajstić information content (AvgIpc) is 2.72. The predicted molar refractivity (Wildman–Crippen MR) is 52.1 cm³/mol. The zero-order chi connectivity index (χ0) is 9.26. The second kappa shape index (κ2) is 3.54. The molecule has 1 atom stereocenters. The van der Waals surface area contributed by atoms with Crippen molar-refractivity contribution in [3.63, 3.8) is 0 Å². The van der Waals surface area contributed by atoms with E-state index in [1.54, 1.807) is 6.07 Å². The van der Waals surface area contributed by atoms with Gasteiger partial charge >= 0.3 is 0 Å². The van der Waals surface area contributed by atoms with Crippen LogP contribution in [0.2, 0.25) is 4.34 Å². The summed E-state index contributed by atoms with van der Waals surface area (Å²) in [4.78, 5) is 0. The van der Waals surface area contributed by atoms with E-state index < -0.39 is 6.10 Å². The lowest BCUT2D eigenvalue weighted by atomic mass is 10.1. The molecule has 0 saturated heterocycles. The Balaban J connectivity index is 2.33. The fraction of sp³-hybridized carbons (Fsp3) is 0.111. The maximum atomic E-state index is 9.81. The van der Waals surface area contributed by atoms with E-state index in [9.17, 15) is 5.11 Å². The van der Waals surface area contributed by atoms with Crippen molar-refractivity contribution in [2.45, 2.75) is 6.10 Å². The third-order valence-corrected chi connectivity index (χ3v) is 3.00. The standard InChI is InChI=1S/C9H7ClO2S/c10-9-7(2-4-13-9)8(11)6-1-3-12-5-6/h1-5,8,11H. The van der Waals surface area contributed by atoms with Crippen LogP contribution in [0.3, 0.4) is 0 Å². The van der Waals surface area contributed by atoms with Crippen molar-refractivity contribution in [2.75, 3.05) is 0 Å². The van der Waals surface area contributed by atoms with E-state index in [0.717, 1.165) is 11.1 Å². The van der Waals surface area contributed by atoms with E-state index in [1.165, 1.54) is 23.9 Å². The zero-order valence-electron chi connectivity index (χ0n) is 6.61. The zero-order valence-corrected chi connectivity index (χ0v) is 8.18. The molecule has 13 heavy (non-hydrogen) atoms. The minimum Gasteiger partial charge on any atom is -0.472 e. The molecule has 2 heterocycles. The van der Waals surface area contributed by atoms with E-state index in [0.29, 0.717) is 4.34 Å². The van der Waals surface area contributed by atoms with Gasteiger partial charge in [-0.05, 0) is 17.5 Å². The monoisotopic (exact) mass is 214 g/mol. The van der Waals surface area contributed by atoms with E-state index in [-0.39, 0.29) is 0 Å². The van der Waals surface area contributed by atoms with Crippen LogP contribution in [-0.4, -0.2) is 5.11 Å². The second-order valence-corrected chi connectivity index (χ2v) is 4.13. The summed E-state index contributed by atoms with van der Waals surface area (Å²) in [5.41, 5.74) is 1.45. The number of halogens is 1. The maximum absolute atomic E-state index is 9.81. The molecule has 1 N–H and O–H groups in total. The maximum Gasteiger partial charge on any atom is 0.109 e. The van der Waals surface area contributed by atoms with Crippen molar-refractivity contribution < 1.29 is 9.52 Å². The molecule has 0 spiro atoms. The predicted octanol–water partition coefficient (Wildman–Crippen LogP) is 3.08. The normalized spacial score (nSPS) is 13.1. The topological polar surface area (TPSA) is 33.4 Å². The lowest BCUT2D eigenvalue weighted by Crippen LogP contribution is -1.95. The van der Waals surface area contributed by atoms with Crippen molar-refractivity contribution in [3.8, 4) is 0 Å². The molecule has 0 radical (unpaired) electrons. The second-order valence-electron chi connectivity index (χ2n) is 2.61. The van der Waals surface area contributed by atoms with E-state index in [4.69, 9.17) is 16.0 Å². The van der Waals surface area contributed by atoms with Crippen LogP contribution in [0.15, 0.2) is 34.5 Å². The molecular formula is C9H7ClO2S. The Morgan fingerprint density at radius 2 is 2.31 bits per heavy atom. The molecule has 4 heteroatoms. The molecule has 0 bridgehead atoms. The van der Waals surface area contributed by atoms with Gasteiger partial charge in [-0.15, -0.1) is 11.3 Å². The van der Waals surface area contributed by atoms with Crippen molar-refractivity contribution in [3.05, 3.63) is 45.5 Å². The van der Waals surface area contributed by atoms with Gasteiger partial charge in [0.15, 0.2) is 0 Å². The summed E-state index contributed by atoms with van der Waals surface area (Å²) in [6, 6.07) is 3.53. The van der Waals surface area contributed by atoms with Crippen LogP contribution in [-0.2, 0) is 0 Å². The van der Waals surface area contributed by atoms with Gasteiger partial charge in [0, 0.05) is 11.1 Å². The highest BCUT2D eigenvalue weighted by Gasteiger charge is 2.15. The first-order valence-corrected chi connectivity index (χ1v) is 4.98. The van der Waals surface area contributed by atoms with Gasteiger partial charge in [0.2, 0.25) is 0 Å². The summed E-state index contributed by atoms with van der Waals surface area (Å²) in [5, 5.41) is 11.7. The van der Waals surface area contributed by atoms with Crippen LogP contribution in [0.1, 0.15) is 17.2 Å². The van der Waals surface area contributed by atoms with Gasteiger partial charge < -0.3 is 9.52 Å². The Labute approximate surface area is 84.4 Å². The molecule has 2 nitrogen and oxygen atoms in total. The molecule has 1 unspecified atom stereocenters. The van der Waals surface area contributed by atoms with Crippen molar-refractivity contribution in [2.24, 2.45) is 0 Å². The third-order valence-electron chi connectivity index (χ3n) is 1.80. The molecule has 0 aliphatic rings. The first-order valence-electron chi connectivity index (χ1n) is 3.72. The first kappa shape index (κ1) is 8.81. The number of aliphatic hydroxyl groups excluding tert-OH is 1. The molecule has 0 aliphatic heterocycles. The van der Waals surface area contributed by atoms with Crippen LogP contribution in [0.4, 0.5) is 0 Å². The van der Waals surface area contributed by atoms with Crippen LogP contribution >= 0.6 is 22.9 Å². The Bertz CT molecular complexity index is 380. The minimum absolute atomic E-state index is 0.619. The summed E-state index contributed by atoms with van der Waals surface area (Å²) in [5.74, 6) is 0. The van der Waals surface area contributed by atoms with Gasteiger partial charge in [0.05, 0.1) is 16.9 Å². The number of thiophene rings is 1. The van der Waals surface area contributed by atoms with Gasteiger partial charge in [-0.2, -0.15) is 0 Å². The highest BCUT2D eigenvalue weighted by Crippen LogP contribution is 2.32. The van der Waals surface area contributed by atoms with Crippen molar-refractivity contribution >= 4 is 22.9 Å². The molecule has 0 aromatic carbocycles. The molecular weight excluding hydrogens is 208 g/mol. The number of rotatable bonds is 2. The molecule has 0 amide bonds. The van der Waals surface area contributed by atoms with Crippen molar-refractivity contribution in [1.29, 1.82) is 0 Å². The molecule has 2 rings (SSSR count). The Morgan fingerprint density at radius 1 is 1.46 bits per heavy atom. The SMILES string of the molecule is OC(c1ccoc1)c1ccsc1Cl. The molecule has 2 aromatic rings. The van der Waals surface area contributed by atoms with Crippen LogP contribution in [0.25, 0.3) is 0 Å². The Hall–Kier alpha value is -0.770. The summed E-state index contributed by atoms with van der Waals surface area (Å²) in [7, 11) is 0. The molecule has 68 valence electrons. The highest BCUT2D eigenvalue weighted by atomic mass is 35.5. The molecule has 0 saturated carbocycles. The summed E-state index contributed by atoms with van der Waals surface area (Å²) in [6.45, 7) is 0. The van der Waals surface area contributed by atoms with E-state index >= 15 is 0 Å². The van der Waals surface area contributed by atoms with Gasteiger partial charge in [-0.25, -0.2) is 0 Å². The Kier molecular flexibility index (Phi) is 2.40. The number of aliphatic hydroxyl groups is 1. The molecule has 2 aromatic heterocycles. The van der Waals surface area contributed by atoms with Gasteiger partial charge in [-0.1, -0.05) is 11.6 Å².